The van der Waals surface area contributed by atoms with Gasteiger partial charge in [-0.2, -0.15) is 0 Å². The van der Waals surface area contributed by atoms with E-state index < -0.39 is 0 Å². The number of nitrogens with one attached hydrogen (secondary N) is 2. The number of aromatic nitrogens is 3. The Labute approximate surface area is 171 Å². The summed E-state index contributed by atoms with van der Waals surface area (Å²) in [4.78, 5) is 6.43. The summed E-state index contributed by atoms with van der Waals surface area (Å²) in [6.07, 6.45) is 2.96. The normalized spacial score (nSPS) is 11.8. The number of aliphatic imine (C=N–C) groups is 1. The predicted octanol–water partition coefficient (Wildman–Crippen LogP) is 1.92. The minimum Gasteiger partial charge on any atom is -0.494 e. The summed E-state index contributed by atoms with van der Waals surface area (Å²) < 4.78 is 7.73. The third-order valence-electron chi connectivity index (χ3n) is 4.42. The number of hydrogen-bond donors (Lipinski definition) is 2. The molecule has 0 saturated heterocycles. The highest BCUT2D eigenvalue weighted by atomic mass is 16.5. The molecule has 0 aliphatic heterocycles. The number of nitrogens with zero attached hydrogens (tertiary/aromatic N) is 5. The summed E-state index contributed by atoms with van der Waals surface area (Å²) in [5.41, 5.74) is 1.98. The van der Waals surface area contributed by atoms with E-state index in [0.29, 0.717) is 19.0 Å². The maximum absolute atomic E-state index is 5.77. The van der Waals surface area contributed by atoms with Crippen LogP contribution in [-0.4, -0.2) is 59.8 Å². The van der Waals surface area contributed by atoms with Gasteiger partial charge < -0.3 is 20.3 Å². The van der Waals surface area contributed by atoms with Gasteiger partial charge in [0.25, 0.3) is 0 Å². The molecule has 1 aromatic carbocycles. The molecule has 0 spiro atoms. The summed E-state index contributed by atoms with van der Waals surface area (Å²) in [6.45, 7) is 2.95. The van der Waals surface area contributed by atoms with Crippen LogP contribution in [-0.2, 0) is 13.1 Å². The SMILES string of the molecule is CN=C(NCc1ccc(OCCCN(C)C)cc1)NCc1nnc2ccccn12. The van der Waals surface area contributed by atoms with Gasteiger partial charge in [-0.05, 0) is 50.3 Å². The van der Waals surface area contributed by atoms with E-state index in [0.717, 1.165) is 42.4 Å². The number of ether oxygens (including phenoxy) is 1. The fourth-order valence-electron chi connectivity index (χ4n) is 2.85. The molecular weight excluding hydrogens is 366 g/mol. The highest BCUT2D eigenvalue weighted by molar-refractivity contribution is 5.79. The van der Waals surface area contributed by atoms with E-state index in [1.54, 1.807) is 7.05 Å². The third-order valence-corrected chi connectivity index (χ3v) is 4.42. The number of benzene rings is 1. The molecule has 8 heteroatoms. The smallest absolute Gasteiger partial charge is 0.191 e. The number of pyridine rings is 1. The zero-order chi connectivity index (χ0) is 20.5. The monoisotopic (exact) mass is 395 g/mol. The highest BCUT2D eigenvalue weighted by Crippen LogP contribution is 2.12. The van der Waals surface area contributed by atoms with Crippen LogP contribution in [0.15, 0.2) is 53.7 Å². The summed E-state index contributed by atoms with van der Waals surface area (Å²) >= 11 is 0. The average molecular weight is 396 g/mol. The highest BCUT2D eigenvalue weighted by Gasteiger charge is 2.06. The zero-order valence-electron chi connectivity index (χ0n) is 17.3. The molecule has 0 atom stereocenters. The topological polar surface area (TPSA) is 79.1 Å². The lowest BCUT2D eigenvalue weighted by molar-refractivity contribution is 0.281. The molecule has 0 fully saturated rings. The van der Waals surface area contributed by atoms with E-state index in [1.165, 1.54) is 0 Å². The minimum absolute atomic E-state index is 0.532. The Hall–Kier alpha value is -3.13. The van der Waals surface area contributed by atoms with E-state index in [9.17, 15) is 0 Å². The second-order valence-corrected chi connectivity index (χ2v) is 6.97. The van der Waals surface area contributed by atoms with Crippen LogP contribution in [0.3, 0.4) is 0 Å². The van der Waals surface area contributed by atoms with Crippen molar-refractivity contribution < 1.29 is 4.74 Å². The van der Waals surface area contributed by atoms with E-state index in [-0.39, 0.29) is 0 Å². The molecule has 3 aromatic rings. The van der Waals surface area contributed by atoms with Crippen molar-refractivity contribution in [1.29, 1.82) is 0 Å². The van der Waals surface area contributed by atoms with Crippen LogP contribution in [0, 0.1) is 0 Å². The second-order valence-electron chi connectivity index (χ2n) is 6.97. The standard InChI is InChI=1S/C21H29N7O/c1-22-21(24-16-20-26-25-19-7-4-5-13-28(19)20)23-15-17-8-10-18(11-9-17)29-14-6-12-27(2)3/h4-5,7-11,13H,6,12,14-16H2,1-3H3,(H2,22,23,24). The van der Waals surface area contributed by atoms with Crippen molar-refractivity contribution in [2.24, 2.45) is 4.99 Å². The van der Waals surface area contributed by atoms with Gasteiger partial charge in [0.2, 0.25) is 0 Å². The van der Waals surface area contributed by atoms with Crippen molar-refractivity contribution in [3.05, 3.63) is 60.0 Å². The lowest BCUT2D eigenvalue weighted by Crippen LogP contribution is -2.36. The predicted molar refractivity (Wildman–Crippen MR) is 115 cm³/mol. The van der Waals surface area contributed by atoms with Gasteiger partial charge in [-0.15, -0.1) is 10.2 Å². The van der Waals surface area contributed by atoms with E-state index in [4.69, 9.17) is 4.74 Å². The first kappa shape index (κ1) is 20.6. The van der Waals surface area contributed by atoms with E-state index in [2.05, 4.69) is 57.0 Å². The summed E-state index contributed by atoms with van der Waals surface area (Å²) in [5.74, 6) is 2.44. The van der Waals surface area contributed by atoms with Gasteiger partial charge in [-0.3, -0.25) is 9.39 Å². The molecule has 3 rings (SSSR count). The molecule has 2 N–H and O–H groups in total. The minimum atomic E-state index is 0.532. The fourth-order valence-corrected chi connectivity index (χ4v) is 2.85. The quantitative estimate of drug-likeness (QED) is 0.327. The van der Waals surface area contributed by atoms with Crippen LogP contribution in [0.4, 0.5) is 0 Å². The molecule has 0 bridgehead atoms. The molecule has 154 valence electrons. The fraction of sp³-hybridized carbons (Fsp3) is 0.381. The van der Waals surface area contributed by atoms with Crippen LogP contribution in [0.25, 0.3) is 5.65 Å². The Kier molecular flexibility index (Phi) is 7.40. The number of hydrogen-bond acceptors (Lipinski definition) is 5. The van der Waals surface area contributed by atoms with Crippen molar-refractivity contribution in [3.8, 4) is 5.75 Å². The Morgan fingerprint density at radius 3 is 2.62 bits per heavy atom. The van der Waals surface area contributed by atoms with Crippen LogP contribution in [0.2, 0.25) is 0 Å². The van der Waals surface area contributed by atoms with E-state index in [1.807, 2.05) is 40.9 Å². The molecule has 0 aliphatic carbocycles. The molecule has 0 amide bonds. The van der Waals surface area contributed by atoms with Crippen molar-refractivity contribution in [1.82, 2.24) is 30.1 Å². The molecule has 0 unspecified atom stereocenters. The summed E-state index contributed by atoms with van der Waals surface area (Å²) in [6, 6.07) is 14.0. The Morgan fingerprint density at radius 1 is 1.07 bits per heavy atom. The Bertz CT molecular complexity index is 918. The van der Waals surface area contributed by atoms with Gasteiger partial charge in [0.15, 0.2) is 17.4 Å². The summed E-state index contributed by atoms with van der Waals surface area (Å²) in [7, 11) is 5.89. The second kappa shape index (κ2) is 10.4. The molecule has 29 heavy (non-hydrogen) atoms. The number of fused-ring (bicyclic) bond motifs is 1. The first-order valence-electron chi connectivity index (χ1n) is 9.75. The maximum Gasteiger partial charge on any atom is 0.191 e. The summed E-state index contributed by atoms with van der Waals surface area (Å²) in [5, 5.41) is 15.0. The lowest BCUT2D eigenvalue weighted by Gasteiger charge is -2.12. The first-order valence-corrected chi connectivity index (χ1v) is 9.75. The van der Waals surface area contributed by atoms with Gasteiger partial charge in [0.05, 0.1) is 13.2 Å². The third kappa shape index (κ3) is 6.18. The van der Waals surface area contributed by atoms with Crippen LogP contribution < -0.4 is 15.4 Å². The number of guanidine groups is 1. The van der Waals surface area contributed by atoms with Crippen molar-refractivity contribution in [2.45, 2.75) is 19.5 Å². The molecule has 0 saturated carbocycles. The Morgan fingerprint density at radius 2 is 1.86 bits per heavy atom. The van der Waals surface area contributed by atoms with Gasteiger partial charge in [0.1, 0.15) is 5.75 Å². The first-order chi connectivity index (χ1) is 14.2. The van der Waals surface area contributed by atoms with Crippen LogP contribution >= 0.6 is 0 Å². The van der Waals surface area contributed by atoms with Crippen molar-refractivity contribution in [2.75, 3.05) is 34.3 Å². The van der Waals surface area contributed by atoms with Crippen molar-refractivity contribution in [3.63, 3.8) is 0 Å². The van der Waals surface area contributed by atoms with Crippen LogP contribution in [0.1, 0.15) is 17.8 Å². The molecule has 2 heterocycles. The average Bonchev–Trinajstić information content (AvgIpc) is 3.15. The molecule has 8 nitrogen and oxygen atoms in total. The largest absolute Gasteiger partial charge is 0.494 e. The van der Waals surface area contributed by atoms with Gasteiger partial charge in [-0.25, -0.2) is 0 Å². The van der Waals surface area contributed by atoms with Gasteiger partial charge in [0, 0.05) is 26.3 Å². The van der Waals surface area contributed by atoms with Gasteiger partial charge >= 0.3 is 0 Å². The Balaban J connectivity index is 1.44. The number of rotatable bonds is 9. The maximum atomic E-state index is 5.77. The molecule has 2 aromatic heterocycles. The lowest BCUT2D eigenvalue weighted by atomic mass is 10.2. The zero-order valence-corrected chi connectivity index (χ0v) is 17.3. The molecule has 0 aliphatic rings. The molecule has 0 radical (unpaired) electrons. The molecular formula is C21H29N7O. The van der Waals surface area contributed by atoms with Crippen LogP contribution in [0.5, 0.6) is 5.75 Å². The van der Waals surface area contributed by atoms with Crippen molar-refractivity contribution >= 4 is 11.6 Å². The van der Waals surface area contributed by atoms with E-state index >= 15 is 0 Å². The van der Waals surface area contributed by atoms with Gasteiger partial charge in [-0.1, -0.05) is 18.2 Å².